The van der Waals surface area contributed by atoms with Crippen LogP contribution in [0.4, 0.5) is 0 Å². The molecule has 0 spiro atoms. The molecule has 0 saturated heterocycles. The zero-order chi connectivity index (χ0) is 24.9. The van der Waals surface area contributed by atoms with Gasteiger partial charge in [0.2, 0.25) is 5.82 Å². The van der Waals surface area contributed by atoms with E-state index in [9.17, 15) is 4.79 Å². The van der Waals surface area contributed by atoms with Crippen molar-refractivity contribution in [2.45, 2.75) is 97.6 Å². The summed E-state index contributed by atoms with van der Waals surface area (Å²) in [6, 6.07) is 15.3. The molecule has 1 N–H and O–H groups in total. The molecule has 0 aliphatic carbocycles. The highest BCUT2D eigenvalue weighted by atomic mass is 16.1. The van der Waals surface area contributed by atoms with Crippen molar-refractivity contribution in [3.8, 4) is 0 Å². The van der Waals surface area contributed by atoms with Crippen molar-refractivity contribution in [1.82, 2.24) is 25.5 Å². The molecule has 1 amide bonds. The molecule has 1 unspecified atom stereocenters. The third kappa shape index (κ3) is 8.30. The van der Waals surface area contributed by atoms with Crippen LogP contribution in [-0.2, 0) is 6.54 Å². The summed E-state index contributed by atoms with van der Waals surface area (Å²) in [5.41, 5.74) is 3.54. The number of rotatable bonds is 15. The van der Waals surface area contributed by atoms with E-state index in [0.29, 0.717) is 11.4 Å². The molecule has 0 fully saturated rings. The molecule has 2 aromatic carbocycles. The van der Waals surface area contributed by atoms with E-state index in [-0.39, 0.29) is 5.91 Å². The van der Waals surface area contributed by atoms with Gasteiger partial charge in [-0.2, -0.15) is 4.80 Å². The van der Waals surface area contributed by atoms with Gasteiger partial charge in [0, 0.05) is 5.56 Å². The molecule has 3 aromatic rings. The third-order valence-corrected chi connectivity index (χ3v) is 6.55. The molecular formula is C29H41N5O. The van der Waals surface area contributed by atoms with Crippen molar-refractivity contribution in [3.05, 3.63) is 76.6 Å². The molecule has 6 nitrogen and oxygen atoms in total. The van der Waals surface area contributed by atoms with Gasteiger partial charge in [-0.3, -0.25) is 4.79 Å². The lowest BCUT2D eigenvalue weighted by molar-refractivity contribution is 0.0940. The normalized spacial score (nSPS) is 12.0. The fraction of sp³-hybridized carbons (Fsp3) is 0.517. The van der Waals surface area contributed by atoms with Crippen LogP contribution in [0, 0.1) is 13.8 Å². The van der Waals surface area contributed by atoms with E-state index in [4.69, 9.17) is 0 Å². The summed E-state index contributed by atoms with van der Waals surface area (Å²) in [5.74, 6) is 0.392. The van der Waals surface area contributed by atoms with Gasteiger partial charge in [-0.05, 0) is 42.2 Å². The Bertz CT molecular complexity index is 1010. The number of hydrogen-bond acceptors (Lipinski definition) is 4. The second-order valence-electron chi connectivity index (χ2n) is 9.51. The summed E-state index contributed by atoms with van der Waals surface area (Å²) >= 11 is 0. The highest BCUT2D eigenvalue weighted by Gasteiger charge is 2.23. The van der Waals surface area contributed by atoms with Gasteiger partial charge in [0.25, 0.3) is 5.91 Å². The van der Waals surface area contributed by atoms with Gasteiger partial charge in [0.15, 0.2) is 0 Å². The quantitative estimate of drug-likeness (QED) is 0.247. The SMILES string of the molecule is CCCCCCCCCCCCn1nnc(C(NC(=O)c2c(C)cccc2C)c2ccccc2)n1. The minimum atomic E-state index is -0.454. The Balaban J connectivity index is 1.55. The summed E-state index contributed by atoms with van der Waals surface area (Å²) in [6.45, 7) is 6.92. The second kappa shape index (κ2) is 14.4. The largest absolute Gasteiger partial charge is 0.338 e. The topological polar surface area (TPSA) is 72.7 Å². The van der Waals surface area contributed by atoms with Crippen molar-refractivity contribution in [3.63, 3.8) is 0 Å². The number of tetrazole rings is 1. The van der Waals surface area contributed by atoms with E-state index >= 15 is 0 Å². The first-order valence-corrected chi connectivity index (χ1v) is 13.3. The minimum absolute atomic E-state index is 0.125. The first kappa shape index (κ1) is 26.6. The van der Waals surface area contributed by atoms with Gasteiger partial charge in [-0.25, -0.2) is 0 Å². The van der Waals surface area contributed by atoms with Crippen LogP contribution >= 0.6 is 0 Å². The van der Waals surface area contributed by atoms with E-state index in [1.807, 2.05) is 62.4 Å². The van der Waals surface area contributed by atoms with Gasteiger partial charge in [-0.15, -0.1) is 10.2 Å². The van der Waals surface area contributed by atoms with Crippen LogP contribution in [0.2, 0.25) is 0 Å². The van der Waals surface area contributed by atoms with E-state index in [1.165, 1.54) is 57.8 Å². The maximum Gasteiger partial charge on any atom is 0.252 e. The predicted octanol–water partition coefficient (Wildman–Crippen LogP) is 6.73. The molecule has 0 bridgehead atoms. The fourth-order valence-corrected chi connectivity index (χ4v) is 4.52. The summed E-state index contributed by atoms with van der Waals surface area (Å²) in [4.78, 5) is 14.9. The average Bonchev–Trinajstić information content (AvgIpc) is 3.33. The van der Waals surface area contributed by atoms with Gasteiger partial charge in [-0.1, -0.05) is 113 Å². The van der Waals surface area contributed by atoms with Crippen LogP contribution in [0.5, 0.6) is 0 Å². The van der Waals surface area contributed by atoms with Gasteiger partial charge < -0.3 is 5.32 Å². The van der Waals surface area contributed by atoms with Gasteiger partial charge in [0.05, 0.1) is 6.54 Å². The molecule has 1 aromatic heterocycles. The highest BCUT2D eigenvalue weighted by Crippen LogP contribution is 2.21. The number of carbonyl (C=O) groups is 1. The van der Waals surface area contributed by atoms with Crippen LogP contribution in [-0.4, -0.2) is 26.1 Å². The summed E-state index contributed by atoms with van der Waals surface area (Å²) in [5, 5.41) is 16.4. The molecule has 0 radical (unpaired) electrons. The molecule has 35 heavy (non-hydrogen) atoms. The predicted molar refractivity (Wildman–Crippen MR) is 141 cm³/mol. The second-order valence-corrected chi connectivity index (χ2v) is 9.51. The van der Waals surface area contributed by atoms with Crippen LogP contribution in [0.25, 0.3) is 0 Å². The highest BCUT2D eigenvalue weighted by molar-refractivity contribution is 5.97. The number of nitrogens with one attached hydrogen (secondary N) is 1. The van der Waals surface area contributed by atoms with Crippen molar-refractivity contribution in [2.24, 2.45) is 0 Å². The monoisotopic (exact) mass is 475 g/mol. The fourth-order valence-electron chi connectivity index (χ4n) is 4.52. The zero-order valence-electron chi connectivity index (χ0n) is 21.7. The molecule has 0 aliphatic rings. The number of aryl methyl sites for hydroxylation is 3. The first-order valence-electron chi connectivity index (χ1n) is 13.3. The van der Waals surface area contributed by atoms with Crippen molar-refractivity contribution < 1.29 is 4.79 Å². The third-order valence-electron chi connectivity index (χ3n) is 6.55. The van der Waals surface area contributed by atoms with E-state index in [2.05, 4.69) is 27.7 Å². The van der Waals surface area contributed by atoms with E-state index in [1.54, 1.807) is 4.80 Å². The van der Waals surface area contributed by atoms with Crippen LogP contribution in [0.1, 0.15) is 110 Å². The number of aromatic nitrogens is 4. The maximum atomic E-state index is 13.2. The number of benzene rings is 2. The van der Waals surface area contributed by atoms with Crippen molar-refractivity contribution >= 4 is 5.91 Å². The number of unbranched alkanes of at least 4 members (excludes halogenated alkanes) is 9. The Morgan fingerprint density at radius 1 is 0.829 bits per heavy atom. The Labute approximate surface area is 210 Å². The Hall–Kier alpha value is -3.02. The number of carbonyl (C=O) groups excluding carboxylic acids is 1. The van der Waals surface area contributed by atoms with Crippen LogP contribution < -0.4 is 5.32 Å². The lowest BCUT2D eigenvalue weighted by atomic mass is 10.0. The van der Waals surface area contributed by atoms with Gasteiger partial charge >= 0.3 is 0 Å². The zero-order valence-corrected chi connectivity index (χ0v) is 21.7. The Morgan fingerprint density at radius 3 is 2.06 bits per heavy atom. The molecule has 0 saturated carbocycles. The van der Waals surface area contributed by atoms with E-state index < -0.39 is 6.04 Å². The van der Waals surface area contributed by atoms with E-state index in [0.717, 1.165) is 29.7 Å². The Morgan fingerprint density at radius 2 is 1.43 bits per heavy atom. The maximum absolute atomic E-state index is 13.2. The Kier molecular flexibility index (Phi) is 10.9. The number of hydrogen-bond donors (Lipinski definition) is 1. The number of nitrogens with zero attached hydrogens (tertiary/aromatic N) is 4. The number of amides is 1. The van der Waals surface area contributed by atoms with Crippen LogP contribution in [0.3, 0.4) is 0 Å². The molecule has 1 heterocycles. The molecule has 0 aliphatic heterocycles. The summed E-state index contributed by atoms with van der Waals surface area (Å²) in [6.07, 6.45) is 12.9. The van der Waals surface area contributed by atoms with Crippen LogP contribution in [0.15, 0.2) is 48.5 Å². The lowest BCUT2D eigenvalue weighted by Gasteiger charge is -2.18. The van der Waals surface area contributed by atoms with Crippen molar-refractivity contribution in [2.75, 3.05) is 0 Å². The average molecular weight is 476 g/mol. The standard InChI is InChI=1S/C29H41N5O/c1-4-5-6-7-8-9-10-11-12-16-22-34-32-28(31-33-34)27(25-20-14-13-15-21-25)30-29(35)26-23(2)18-17-19-24(26)3/h13-15,17-21,27H,4-12,16,22H2,1-3H3,(H,30,35). The molecule has 6 heteroatoms. The smallest absolute Gasteiger partial charge is 0.252 e. The molecule has 1 atom stereocenters. The molecular weight excluding hydrogens is 434 g/mol. The molecule has 188 valence electrons. The molecule has 3 rings (SSSR count). The summed E-state index contributed by atoms with van der Waals surface area (Å²) < 4.78 is 0. The van der Waals surface area contributed by atoms with Gasteiger partial charge in [0.1, 0.15) is 6.04 Å². The first-order chi connectivity index (χ1) is 17.1. The van der Waals surface area contributed by atoms with Crippen molar-refractivity contribution in [1.29, 1.82) is 0 Å². The summed E-state index contributed by atoms with van der Waals surface area (Å²) in [7, 11) is 0. The minimum Gasteiger partial charge on any atom is -0.338 e. The lowest BCUT2D eigenvalue weighted by Crippen LogP contribution is -2.31.